The Morgan fingerprint density at radius 3 is 2.79 bits per heavy atom. The summed E-state index contributed by atoms with van der Waals surface area (Å²) in [7, 11) is 1.62. The third kappa shape index (κ3) is 2.56. The first-order valence-electron chi connectivity index (χ1n) is 5.73. The average molecular weight is 276 g/mol. The van der Waals surface area contributed by atoms with Crippen molar-refractivity contribution in [2.45, 2.75) is 13.2 Å². The molecule has 2 aromatic heterocycles. The van der Waals surface area contributed by atoms with Crippen LogP contribution in [0.25, 0.3) is 4.96 Å². The minimum absolute atomic E-state index is 0.393. The third-order valence-corrected chi connectivity index (χ3v) is 3.35. The molecule has 0 aliphatic heterocycles. The summed E-state index contributed by atoms with van der Waals surface area (Å²) in [4.78, 5) is 0.749. The monoisotopic (exact) mass is 276 g/mol. The van der Waals surface area contributed by atoms with Crippen molar-refractivity contribution in [1.29, 1.82) is 0 Å². The van der Waals surface area contributed by atoms with Crippen LogP contribution in [0.4, 0.5) is 0 Å². The van der Waals surface area contributed by atoms with Crippen molar-refractivity contribution in [3.63, 3.8) is 0 Å². The lowest BCUT2D eigenvalue weighted by Gasteiger charge is -2.02. The Morgan fingerprint density at radius 1 is 1.16 bits per heavy atom. The van der Waals surface area contributed by atoms with E-state index >= 15 is 0 Å². The zero-order chi connectivity index (χ0) is 13.1. The second-order valence-electron chi connectivity index (χ2n) is 3.84. The topological polar surface area (TPSA) is 61.5 Å². The van der Waals surface area contributed by atoms with Crippen molar-refractivity contribution in [2.24, 2.45) is 0 Å². The van der Waals surface area contributed by atoms with Gasteiger partial charge < -0.3 is 9.47 Å². The van der Waals surface area contributed by atoms with Crippen molar-refractivity contribution >= 4 is 16.3 Å². The van der Waals surface area contributed by atoms with Crippen LogP contribution in [0.1, 0.15) is 10.8 Å². The molecular formula is C12H12N4O2S. The molecule has 6 nitrogen and oxygen atoms in total. The van der Waals surface area contributed by atoms with E-state index in [4.69, 9.17) is 9.47 Å². The van der Waals surface area contributed by atoms with Crippen molar-refractivity contribution < 1.29 is 9.47 Å². The Labute approximate surface area is 113 Å². The van der Waals surface area contributed by atoms with Crippen molar-refractivity contribution in [2.75, 3.05) is 7.11 Å². The van der Waals surface area contributed by atoms with E-state index in [0.717, 1.165) is 15.7 Å². The number of rotatable bonds is 5. The minimum Gasteiger partial charge on any atom is -0.486 e. The van der Waals surface area contributed by atoms with E-state index in [1.807, 2.05) is 30.3 Å². The molecule has 0 amide bonds. The Morgan fingerprint density at radius 2 is 2.00 bits per heavy atom. The van der Waals surface area contributed by atoms with E-state index in [-0.39, 0.29) is 0 Å². The van der Waals surface area contributed by atoms with Crippen LogP contribution >= 0.6 is 11.3 Å². The van der Waals surface area contributed by atoms with Gasteiger partial charge in [0.1, 0.15) is 19.0 Å². The Bertz CT molecular complexity index is 665. The molecule has 0 saturated heterocycles. The van der Waals surface area contributed by atoms with Crippen LogP contribution in [0.15, 0.2) is 30.3 Å². The highest BCUT2D eigenvalue weighted by Gasteiger charge is 2.11. The molecule has 98 valence electrons. The number of nitrogens with zero attached hydrogens (tertiary/aromatic N) is 4. The largest absolute Gasteiger partial charge is 0.486 e. The van der Waals surface area contributed by atoms with Gasteiger partial charge in [0.25, 0.3) is 0 Å². The molecule has 0 radical (unpaired) electrons. The summed E-state index contributed by atoms with van der Waals surface area (Å²) in [6.45, 7) is 0.814. The van der Waals surface area contributed by atoms with E-state index < -0.39 is 0 Å². The van der Waals surface area contributed by atoms with Crippen LogP contribution in [-0.4, -0.2) is 26.9 Å². The average Bonchev–Trinajstić information content (AvgIpc) is 3.00. The summed E-state index contributed by atoms with van der Waals surface area (Å²) in [5.74, 6) is 1.52. The fourth-order valence-corrected chi connectivity index (χ4v) is 2.40. The number of methoxy groups -OCH3 is 1. The summed E-state index contributed by atoms with van der Waals surface area (Å²) in [5.41, 5.74) is 0. The lowest BCUT2D eigenvalue weighted by atomic mass is 10.3. The first-order valence-corrected chi connectivity index (χ1v) is 6.55. The molecule has 2 heterocycles. The van der Waals surface area contributed by atoms with Gasteiger partial charge in [0, 0.05) is 7.11 Å². The molecule has 1 aromatic carbocycles. The maximum Gasteiger partial charge on any atom is 0.234 e. The number of hydrogen-bond acceptors (Lipinski definition) is 6. The summed E-state index contributed by atoms with van der Waals surface area (Å²) in [6.07, 6.45) is 0. The Kier molecular flexibility index (Phi) is 3.39. The molecule has 0 spiro atoms. The summed E-state index contributed by atoms with van der Waals surface area (Å²) in [5, 5.41) is 13.3. The Hall–Kier alpha value is -1.99. The van der Waals surface area contributed by atoms with Gasteiger partial charge in [-0.15, -0.1) is 10.2 Å². The summed E-state index contributed by atoms with van der Waals surface area (Å²) >= 11 is 1.46. The Balaban J connectivity index is 1.75. The maximum absolute atomic E-state index is 5.65. The highest BCUT2D eigenvalue weighted by molar-refractivity contribution is 7.16. The minimum atomic E-state index is 0.393. The van der Waals surface area contributed by atoms with Crippen LogP contribution in [-0.2, 0) is 18.0 Å². The van der Waals surface area contributed by atoms with Gasteiger partial charge in [0.05, 0.1) is 0 Å². The molecule has 0 aliphatic rings. The van der Waals surface area contributed by atoms with E-state index in [9.17, 15) is 0 Å². The number of para-hydroxylation sites is 1. The lowest BCUT2D eigenvalue weighted by molar-refractivity contribution is 0.176. The van der Waals surface area contributed by atoms with Crippen LogP contribution in [0, 0.1) is 0 Å². The molecule has 19 heavy (non-hydrogen) atoms. The van der Waals surface area contributed by atoms with Gasteiger partial charge >= 0.3 is 0 Å². The second kappa shape index (κ2) is 5.33. The van der Waals surface area contributed by atoms with Crippen LogP contribution in [0.5, 0.6) is 5.75 Å². The lowest BCUT2D eigenvalue weighted by Crippen LogP contribution is -2.00. The molecule has 0 bridgehead atoms. The quantitative estimate of drug-likeness (QED) is 0.712. The van der Waals surface area contributed by atoms with Crippen molar-refractivity contribution in [3.8, 4) is 5.75 Å². The number of ether oxygens (including phenoxy) is 2. The maximum atomic E-state index is 5.65. The van der Waals surface area contributed by atoms with Crippen LogP contribution < -0.4 is 4.74 Å². The second-order valence-corrected chi connectivity index (χ2v) is 4.88. The predicted molar refractivity (Wildman–Crippen MR) is 70.1 cm³/mol. The number of aromatic nitrogens is 4. The molecule has 0 aliphatic carbocycles. The van der Waals surface area contributed by atoms with Crippen LogP contribution in [0.2, 0.25) is 0 Å². The molecule has 7 heteroatoms. The smallest absolute Gasteiger partial charge is 0.234 e. The van der Waals surface area contributed by atoms with Gasteiger partial charge in [-0.05, 0) is 12.1 Å². The van der Waals surface area contributed by atoms with E-state index in [1.54, 1.807) is 11.6 Å². The van der Waals surface area contributed by atoms with Gasteiger partial charge in [0.2, 0.25) is 4.96 Å². The number of benzene rings is 1. The first kappa shape index (κ1) is 12.1. The predicted octanol–water partition coefficient (Wildman–Crippen LogP) is 1.91. The van der Waals surface area contributed by atoms with E-state index in [2.05, 4.69) is 15.3 Å². The zero-order valence-corrected chi connectivity index (χ0v) is 11.1. The third-order valence-electron chi connectivity index (χ3n) is 2.48. The van der Waals surface area contributed by atoms with Gasteiger partial charge in [0.15, 0.2) is 10.8 Å². The molecular weight excluding hydrogens is 264 g/mol. The molecule has 3 aromatic rings. The summed E-state index contributed by atoms with van der Waals surface area (Å²) < 4.78 is 12.4. The van der Waals surface area contributed by atoms with Gasteiger partial charge in [-0.3, -0.25) is 0 Å². The molecule has 0 fully saturated rings. The van der Waals surface area contributed by atoms with Gasteiger partial charge in [-0.1, -0.05) is 29.5 Å². The van der Waals surface area contributed by atoms with Gasteiger partial charge in [-0.2, -0.15) is 9.61 Å². The number of fused-ring (bicyclic) bond motifs is 1. The fourth-order valence-electron chi connectivity index (χ4n) is 1.64. The van der Waals surface area contributed by atoms with E-state index in [0.29, 0.717) is 19.0 Å². The SMILES string of the molecule is COCc1nnc2sc(COc3ccccc3)nn12. The molecule has 0 N–H and O–H groups in total. The number of hydrogen-bond donors (Lipinski definition) is 0. The molecule has 3 rings (SSSR count). The standard InChI is InChI=1S/C12H12N4O2S/c1-17-7-10-13-14-12-16(10)15-11(19-12)8-18-9-5-3-2-4-6-9/h2-6H,7-8H2,1H3. The fraction of sp³-hybridized carbons (Fsp3) is 0.250. The molecule has 0 unspecified atom stereocenters. The highest BCUT2D eigenvalue weighted by Crippen LogP contribution is 2.17. The first-order chi connectivity index (χ1) is 9.36. The van der Waals surface area contributed by atoms with Crippen molar-refractivity contribution in [3.05, 3.63) is 41.2 Å². The molecule has 0 saturated carbocycles. The summed E-state index contributed by atoms with van der Waals surface area (Å²) in [6, 6.07) is 9.65. The van der Waals surface area contributed by atoms with Gasteiger partial charge in [-0.25, -0.2) is 0 Å². The normalized spacial score (nSPS) is 11.0. The van der Waals surface area contributed by atoms with Crippen molar-refractivity contribution in [1.82, 2.24) is 19.8 Å². The van der Waals surface area contributed by atoms with Crippen LogP contribution in [0.3, 0.4) is 0 Å². The highest BCUT2D eigenvalue weighted by atomic mass is 32.1. The zero-order valence-electron chi connectivity index (χ0n) is 10.3. The molecule has 0 atom stereocenters. The van der Waals surface area contributed by atoms with E-state index in [1.165, 1.54) is 11.3 Å².